The molecular weight excluding hydrogens is 318 g/mol. The van der Waals surface area contributed by atoms with Crippen molar-refractivity contribution in [1.82, 2.24) is 14.4 Å². The molecule has 1 aromatic carbocycles. The summed E-state index contributed by atoms with van der Waals surface area (Å²) in [7, 11) is -3.31. The van der Waals surface area contributed by atoms with E-state index < -0.39 is 16.1 Å². The Hall–Kier alpha value is -1.77. The average Bonchev–Trinajstić information content (AvgIpc) is 3.34. The summed E-state index contributed by atoms with van der Waals surface area (Å²) in [5.41, 5.74) is 0.805. The molecule has 2 aromatic rings. The van der Waals surface area contributed by atoms with Crippen molar-refractivity contribution in [3.63, 3.8) is 0 Å². The van der Waals surface area contributed by atoms with Crippen molar-refractivity contribution in [2.45, 2.75) is 24.1 Å². The third kappa shape index (κ3) is 2.77. The second-order valence-corrected chi connectivity index (χ2v) is 7.94. The first kappa shape index (κ1) is 14.8. The summed E-state index contributed by atoms with van der Waals surface area (Å²) in [4.78, 5) is 4.38. The Kier molecular flexibility index (Phi) is 3.67. The summed E-state index contributed by atoms with van der Waals surface area (Å²) in [5.74, 6) is 0.739. The number of sulfonamides is 1. The van der Waals surface area contributed by atoms with Gasteiger partial charge < -0.3 is 9.26 Å². The number of rotatable bonds is 4. The van der Waals surface area contributed by atoms with Crippen molar-refractivity contribution in [3.05, 3.63) is 36.2 Å². The van der Waals surface area contributed by atoms with Gasteiger partial charge in [0.2, 0.25) is 10.0 Å². The zero-order valence-corrected chi connectivity index (χ0v) is 13.3. The number of ether oxygens (including phenoxy) is 1. The summed E-state index contributed by atoms with van der Waals surface area (Å²) in [6.07, 6.45) is 1.46. The van der Waals surface area contributed by atoms with Gasteiger partial charge in [-0.05, 0) is 25.0 Å². The van der Waals surface area contributed by atoms with Crippen LogP contribution in [0.5, 0.6) is 0 Å². The molecule has 8 heteroatoms. The molecular formula is C15H17N3O4S. The highest BCUT2D eigenvalue weighted by Gasteiger charge is 2.45. The second kappa shape index (κ2) is 5.70. The summed E-state index contributed by atoms with van der Waals surface area (Å²) in [6, 6.07) is 8.88. The third-order valence-corrected chi connectivity index (χ3v) is 6.52. The van der Waals surface area contributed by atoms with Gasteiger partial charge in [-0.3, -0.25) is 0 Å². The molecule has 2 aliphatic rings. The minimum atomic E-state index is -3.31. The van der Waals surface area contributed by atoms with E-state index in [1.165, 1.54) is 4.31 Å². The van der Waals surface area contributed by atoms with Crippen LogP contribution in [0.3, 0.4) is 0 Å². The molecule has 23 heavy (non-hydrogen) atoms. The SMILES string of the molecule is O=S(=O)(C1CC1)N1CCOC[C@H]1c1noc(-c2ccccc2)n1. The smallest absolute Gasteiger partial charge is 0.257 e. The molecule has 1 atom stereocenters. The molecule has 1 saturated heterocycles. The first-order valence-corrected chi connectivity index (χ1v) is 9.14. The van der Waals surface area contributed by atoms with E-state index in [-0.39, 0.29) is 11.9 Å². The van der Waals surface area contributed by atoms with Crippen LogP contribution in [0.2, 0.25) is 0 Å². The van der Waals surface area contributed by atoms with E-state index in [9.17, 15) is 8.42 Å². The fourth-order valence-corrected chi connectivity index (χ4v) is 4.68. The summed E-state index contributed by atoms with van der Waals surface area (Å²) in [6.45, 7) is 0.976. The molecule has 0 unspecified atom stereocenters. The zero-order chi connectivity index (χ0) is 15.9. The highest BCUT2D eigenvalue weighted by Crippen LogP contribution is 2.36. The Morgan fingerprint density at radius 2 is 1.96 bits per heavy atom. The van der Waals surface area contributed by atoms with E-state index in [0.29, 0.717) is 24.9 Å². The lowest BCUT2D eigenvalue weighted by Crippen LogP contribution is -2.45. The third-order valence-electron chi connectivity index (χ3n) is 4.11. The van der Waals surface area contributed by atoms with Crippen molar-refractivity contribution in [2.75, 3.05) is 19.8 Å². The molecule has 1 aromatic heterocycles. The van der Waals surface area contributed by atoms with E-state index in [4.69, 9.17) is 9.26 Å². The molecule has 0 bridgehead atoms. The minimum absolute atomic E-state index is 0.250. The molecule has 0 radical (unpaired) electrons. The fourth-order valence-electron chi connectivity index (χ4n) is 2.72. The number of hydrogen-bond donors (Lipinski definition) is 0. The molecule has 0 spiro atoms. The lowest BCUT2D eigenvalue weighted by molar-refractivity contribution is 0.0281. The number of hydrogen-bond acceptors (Lipinski definition) is 6. The number of benzene rings is 1. The average molecular weight is 335 g/mol. The molecule has 1 saturated carbocycles. The van der Waals surface area contributed by atoms with E-state index in [2.05, 4.69) is 10.1 Å². The van der Waals surface area contributed by atoms with Crippen molar-refractivity contribution in [3.8, 4) is 11.5 Å². The highest BCUT2D eigenvalue weighted by atomic mass is 32.2. The minimum Gasteiger partial charge on any atom is -0.378 e. The van der Waals surface area contributed by atoms with Gasteiger partial charge in [-0.25, -0.2) is 8.42 Å². The van der Waals surface area contributed by atoms with Gasteiger partial charge in [-0.2, -0.15) is 9.29 Å². The van der Waals surface area contributed by atoms with Crippen LogP contribution >= 0.6 is 0 Å². The quantitative estimate of drug-likeness (QED) is 0.844. The van der Waals surface area contributed by atoms with Gasteiger partial charge in [0.25, 0.3) is 5.89 Å². The van der Waals surface area contributed by atoms with Crippen LogP contribution in [0.25, 0.3) is 11.5 Å². The van der Waals surface area contributed by atoms with E-state index in [1.54, 1.807) is 0 Å². The Labute approximate surface area is 134 Å². The Bertz CT molecular complexity index is 786. The molecule has 122 valence electrons. The Balaban J connectivity index is 1.64. The van der Waals surface area contributed by atoms with E-state index in [0.717, 1.165) is 18.4 Å². The largest absolute Gasteiger partial charge is 0.378 e. The predicted molar refractivity (Wildman–Crippen MR) is 81.9 cm³/mol. The van der Waals surface area contributed by atoms with Crippen LogP contribution in [0, 0.1) is 0 Å². The molecule has 0 N–H and O–H groups in total. The summed E-state index contributed by atoms with van der Waals surface area (Å²) < 4.78 is 37.4. The van der Waals surface area contributed by atoms with Crippen LogP contribution in [0.15, 0.2) is 34.9 Å². The van der Waals surface area contributed by atoms with Crippen molar-refractivity contribution in [2.24, 2.45) is 0 Å². The standard InChI is InChI=1S/C15H17N3O4S/c19-23(20,12-6-7-12)18-8-9-21-10-13(18)14-16-15(22-17-14)11-4-2-1-3-5-11/h1-5,12-13H,6-10H2/t13-/m0/s1. The fraction of sp³-hybridized carbons (Fsp3) is 0.467. The maximum atomic E-state index is 12.6. The molecule has 7 nitrogen and oxygen atoms in total. The van der Waals surface area contributed by atoms with Crippen LogP contribution in [-0.4, -0.2) is 47.9 Å². The van der Waals surface area contributed by atoms with Crippen LogP contribution in [0.4, 0.5) is 0 Å². The molecule has 1 aliphatic carbocycles. The number of nitrogens with zero attached hydrogens (tertiary/aromatic N) is 3. The van der Waals surface area contributed by atoms with Gasteiger partial charge in [0.15, 0.2) is 5.82 Å². The van der Waals surface area contributed by atoms with Crippen LogP contribution < -0.4 is 0 Å². The summed E-state index contributed by atoms with van der Waals surface area (Å²) in [5, 5.41) is 3.73. The predicted octanol–water partition coefficient (Wildman–Crippen LogP) is 1.60. The lowest BCUT2D eigenvalue weighted by Gasteiger charge is -2.32. The highest BCUT2D eigenvalue weighted by molar-refractivity contribution is 7.90. The second-order valence-electron chi connectivity index (χ2n) is 5.77. The van der Waals surface area contributed by atoms with Gasteiger partial charge in [0, 0.05) is 12.1 Å². The number of aromatic nitrogens is 2. The van der Waals surface area contributed by atoms with E-state index >= 15 is 0 Å². The molecule has 1 aliphatic heterocycles. The van der Waals surface area contributed by atoms with Gasteiger partial charge in [-0.1, -0.05) is 23.4 Å². The van der Waals surface area contributed by atoms with Crippen molar-refractivity contribution >= 4 is 10.0 Å². The monoisotopic (exact) mass is 335 g/mol. The topological polar surface area (TPSA) is 85.5 Å². The number of morpholine rings is 1. The van der Waals surface area contributed by atoms with Crippen molar-refractivity contribution in [1.29, 1.82) is 0 Å². The Morgan fingerprint density at radius 3 is 2.70 bits per heavy atom. The first-order valence-electron chi connectivity index (χ1n) is 7.64. The zero-order valence-electron chi connectivity index (χ0n) is 12.5. The van der Waals surface area contributed by atoms with Gasteiger partial charge in [0.1, 0.15) is 6.04 Å². The first-order chi connectivity index (χ1) is 11.2. The molecule has 4 rings (SSSR count). The van der Waals surface area contributed by atoms with Crippen LogP contribution in [-0.2, 0) is 14.8 Å². The van der Waals surface area contributed by atoms with Gasteiger partial charge >= 0.3 is 0 Å². The van der Waals surface area contributed by atoms with Gasteiger partial charge in [0.05, 0.1) is 18.5 Å². The van der Waals surface area contributed by atoms with Crippen LogP contribution in [0.1, 0.15) is 24.7 Å². The van der Waals surface area contributed by atoms with Gasteiger partial charge in [-0.15, -0.1) is 0 Å². The molecule has 2 heterocycles. The molecule has 2 fully saturated rings. The normalized spacial score (nSPS) is 23.0. The lowest BCUT2D eigenvalue weighted by atomic mass is 10.2. The Morgan fingerprint density at radius 1 is 1.17 bits per heavy atom. The maximum absolute atomic E-state index is 12.6. The van der Waals surface area contributed by atoms with Crippen molar-refractivity contribution < 1.29 is 17.7 Å². The van der Waals surface area contributed by atoms with E-state index in [1.807, 2.05) is 30.3 Å². The summed E-state index contributed by atoms with van der Waals surface area (Å²) >= 11 is 0. The maximum Gasteiger partial charge on any atom is 0.257 e. The molecule has 0 amide bonds.